The highest BCUT2D eigenvalue weighted by Crippen LogP contribution is 2.45. The molecule has 56 valence electrons. The van der Waals surface area contributed by atoms with E-state index < -0.39 is 0 Å². The van der Waals surface area contributed by atoms with Crippen molar-refractivity contribution in [2.24, 2.45) is 5.92 Å². The van der Waals surface area contributed by atoms with E-state index in [-0.39, 0.29) is 5.92 Å². The van der Waals surface area contributed by atoms with Crippen LogP contribution in [0.1, 0.15) is 17.9 Å². The third-order valence-electron chi connectivity index (χ3n) is 2.15. The van der Waals surface area contributed by atoms with Crippen molar-refractivity contribution in [1.29, 1.82) is 0 Å². The van der Waals surface area contributed by atoms with Gasteiger partial charge in [0.1, 0.15) is 6.29 Å². The van der Waals surface area contributed by atoms with Crippen LogP contribution in [0.4, 0.5) is 0 Å². The van der Waals surface area contributed by atoms with Crippen molar-refractivity contribution in [2.45, 2.75) is 12.3 Å². The summed E-state index contributed by atoms with van der Waals surface area (Å²) < 4.78 is 0. The van der Waals surface area contributed by atoms with Crippen LogP contribution in [-0.2, 0) is 4.79 Å². The Labute approximate surface area is 65.3 Å². The number of aldehydes is 1. The molecule has 2 heteroatoms. The van der Waals surface area contributed by atoms with E-state index in [2.05, 4.69) is 4.98 Å². The molecule has 0 saturated heterocycles. The largest absolute Gasteiger partial charge is 0.303 e. The standard InChI is InChI=1S/C9H9NO/c11-6-8-5-9(8)7-1-3-10-4-2-7/h1-4,6,8-9H,5H2/t8-,9+/m1/s1. The number of nitrogens with zero attached hydrogens (tertiary/aromatic N) is 1. The van der Waals surface area contributed by atoms with E-state index in [0.29, 0.717) is 5.92 Å². The molecule has 1 aliphatic carbocycles. The number of pyridine rings is 1. The number of carbonyl (C=O) groups excluding carboxylic acids is 1. The molecule has 2 rings (SSSR count). The highest BCUT2D eigenvalue weighted by atomic mass is 16.1. The predicted octanol–water partition coefficient (Wildman–Crippen LogP) is 1.38. The van der Waals surface area contributed by atoms with Crippen molar-refractivity contribution in [3.8, 4) is 0 Å². The molecule has 0 unspecified atom stereocenters. The van der Waals surface area contributed by atoms with Gasteiger partial charge in [-0.2, -0.15) is 0 Å². The molecule has 11 heavy (non-hydrogen) atoms. The number of carbonyl (C=O) groups is 1. The molecular formula is C9H9NO. The van der Waals surface area contributed by atoms with E-state index in [1.165, 1.54) is 5.56 Å². The van der Waals surface area contributed by atoms with Gasteiger partial charge in [-0.15, -0.1) is 0 Å². The maximum absolute atomic E-state index is 10.3. The second-order valence-electron chi connectivity index (χ2n) is 2.92. The van der Waals surface area contributed by atoms with Gasteiger partial charge in [0.25, 0.3) is 0 Å². The lowest BCUT2D eigenvalue weighted by Gasteiger charge is -1.93. The zero-order valence-corrected chi connectivity index (χ0v) is 6.10. The Bertz CT molecular complexity index is 258. The highest BCUT2D eigenvalue weighted by molar-refractivity contribution is 5.61. The molecule has 1 fully saturated rings. The molecule has 1 saturated carbocycles. The average Bonchev–Trinajstić information content (AvgIpc) is 2.85. The Morgan fingerprint density at radius 3 is 2.73 bits per heavy atom. The van der Waals surface area contributed by atoms with Gasteiger partial charge in [-0.05, 0) is 30.0 Å². The van der Waals surface area contributed by atoms with Gasteiger partial charge in [0.2, 0.25) is 0 Å². The normalized spacial score (nSPS) is 28.0. The van der Waals surface area contributed by atoms with Gasteiger partial charge in [0, 0.05) is 18.3 Å². The average molecular weight is 147 g/mol. The van der Waals surface area contributed by atoms with Crippen LogP contribution in [0.3, 0.4) is 0 Å². The van der Waals surface area contributed by atoms with Crippen LogP contribution >= 0.6 is 0 Å². The first kappa shape index (κ1) is 6.53. The summed E-state index contributed by atoms with van der Waals surface area (Å²) in [6.07, 6.45) is 5.61. The van der Waals surface area contributed by atoms with Crippen molar-refractivity contribution in [2.75, 3.05) is 0 Å². The van der Waals surface area contributed by atoms with E-state index in [4.69, 9.17) is 0 Å². The molecule has 0 aromatic carbocycles. The van der Waals surface area contributed by atoms with Gasteiger partial charge in [-0.1, -0.05) is 0 Å². The minimum atomic E-state index is 0.275. The van der Waals surface area contributed by atoms with Crippen LogP contribution in [0.5, 0.6) is 0 Å². The summed E-state index contributed by atoms with van der Waals surface area (Å²) in [5, 5.41) is 0. The summed E-state index contributed by atoms with van der Waals surface area (Å²) in [6, 6.07) is 3.96. The van der Waals surface area contributed by atoms with Gasteiger partial charge >= 0.3 is 0 Å². The molecule has 0 spiro atoms. The molecule has 2 nitrogen and oxygen atoms in total. The Balaban J connectivity index is 2.14. The quantitative estimate of drug-likeness (QED) is 0.591. The van der Waals surface area contributed by atoms with Gasteiger partial charge in [-0.25, -0.2) is 0 Å². The summed E-state index contributed by atoms with van der Waals surface area (Å²) in [6.45, 7) is 0. The molecule has 1 heterocycles. The first-order valence-electron chi connectivity index (χ1n) is 3.77. The maximum Gasteiger partial charge on any atom is 0.123 e. The van der Waals surface area contributed by atoms with E-state index in [0.717, 1.165) is 12.7 Å². The fourth-order valence-electron chi connectivity index (χ4n) is 1.36. The molecule has 0 aliphatic heterocycles. The highest BCUT2D eigenvalue weighted by Gasteiger charge is 2.37. The van der Waals surface area contributed by atoms with Gasteiger partial charge in [0.15, 0.2) is 0 Å². The fraction of sp³-hybridized carbons (Fsp3) is 0.333. The molecule has 1 aromatic heterocycles. The van der Waals surface area contributed by atoms with E-state index in [1.807, 2.05) is 12.1 Å². The Morgan fingerprint density at radius 2 is 2.18 bits per heavy atom. The number of hydrogen-bond acceptors (Lipinski definition) is 2. The molecule has 2 atom stereocenters. The van der Waals surface area contributed by atoms with E-state index in [1.54, 1.807) is 12.4 Å². The molecule has 0 radical (unpaired) electrons. The molecular weight excluding hydrogens is 138 g/mol. The smallest absolute Gasteiger partial charge is 0.123 e. The minimum absolute atomic E-state index is 0.275. The summed E-state index contributed by atoms with van der Waals surface area (Å²) >= 11 is 0. The van der Waals surface area contributed by atoms with Crippen LogP contribution in [-0.4, -0.2) is 11.3 Å². The second-order valence-corrected chi connectivity index (χ2v) is 2.92. The third kappa shape index (κ3) is 1.16. The summed E-state index contributed by atoms with van der Waals surface area (Å²) in [5.41, 5.74) is 1.25. The summed E-state index contributed by atoms with van der Waals surface area (Å²) in [5.74, 6) is 0.757. The fourth-order valence-corrected chi connectivity index (χ4v) is 1.36. The van der Waals surface area contributed by atoms with Crippen LogP contribution in [0.25, 0.3) is 0 Å². The van der Waals surface area contributed by atoms with Crippen molar-refractivity contribution >= 4 is 6.29 Å². The minimum Gasteiger partial charge on any atom is -0.303 e. The predicted molar refractivity (Wildman–Crippen MR) is 41.1 cm³/mol. The molecule has 1 aromatic rings. The van der Waals surface area contributed by atoms with Gasteiger partial charge in [0.05, 0.1) is 0 Å². The SMILES string of the molecule is O=C[C@H]1C[C@H]1c1ccncc1. The van der Waals surface area contributed by atoms with Gasteiger partial charge in [-0.3, -0.25) is 4.98 Å². The Morgan fingerprint density at radius 1 is 1.45 bits per heavy atom. The number of hydrogen-bond donors (Lipinski definition) is 0. The van der Waals surface area contributed by atoms with Crippen molar-refractivity contribution in [3.05, 3.63) is 30.1 Å². The molecule has 0 N–H and O–H groups in total. The lowest BCUT2D eigenvalue weighted by molar-refractivity contribution is -0.108. The van der Waals surface area contributed by atoms with E-state index in [9.17, 15) is 4.79 Å². The van der Waals surface area contributed by atoms with Crippen LogP contribution < -0.4 is 0 Å². The molecule has 0 bridgehead atoms. The first-order chi connectivity index (χ1) is 5.42. The lowest BCUT2D eigenvalue weighted by atomic mass is 10.1. The maximum atomic E-state index is 10.3. The van der Waals surface area contributed by atoms with Crippen molar-refractivity contribution in [3.63, 3.8) is 0 Å². The third-order valence-corrected chi connectivity index (χ3v) is 2.15. The summed E-state index contributed by atoms with van der Waals surface area (Å²) in [7, 11) is 0. The number of aromatic nitrogens is 1. The lowest BCUT2D eigenvalue weighted by Crippen LogP contribution is -1.83. The first-order valence-corrected chi connectivity index (χ1v) is 3.77. The Kier molecular flexibility index (Phi) is 1.46. The zero-order chi connectivity index (χ0) is 7.68. The second kappa shape index (κ2) is 2.46. The van der Waals surface area contributed by atoms with Crippen LogP contribution in [0.15, 0.2) is 24.5 Å². The monoisotopic (exact) mass is 147 g/mol. The molecule has 0 amide bonds. The number of rotatable bonds is 2. The van der Waals surface area contributed by atoms with Crippen molar-refractivity contribution in [1.82, 2.24) is 4.98 Å². The van der Waals surface area contributed by atoms with Crippen LogP contribution in [0.2, 0.25) is 0 Å². The zero-order valence-electron chi connectivity index (χ0n) is 6.10. The summed E-state index contributed by atoms with van der Waals surface area (Å²) in [4.78, 5) is 14.3. The molecule has 1 aliphatic rings. The van der Waals surface area contributed by atoms with Crippen LogP contribution in [0, 0.1) is 5.92 Å². The Hall–Kier alpha value is -1.18. The topological polar surface area (TPSA) is 30.0 Å². The van der Waals surface area contributed by atoms with E-state index >= 15 is 0 Å². The van der Waals surface area contributed by atoms with Gasteiger partial charge < -0.3 is 4.79 Å². The van der Waals surface area contributed by atoms with Crippen molar-refractivity contribution < 1.29 is 4.79 Å².